The molecule has 2 rings (SSSR count). The van der Waals surface area contributed by atoms with Crippen LogP contribution >= 0.6 is 11.8 Å². The molecule has 1 aromatic rings. The number of nitrogens with one attached hydrogen (secondary N) is 2. The molecular weight excluding hydrogens is 312 g/mol. The summed E-state index contributed by atoms with van der Waals surface area (Å²) in [7, 11) is 0. The van der Waals surface area contributed by atoms with Gasteiger partial charge >= 0.3 is 0 Å². The third kappa shape index (κ3) is 3.58. The molecule has 1 saturated heterocycles. The molecule has 1 aliphatic rings. The first-order chi connectivity index (χ1) is 10.9. The summed E-state index contributed by atoms with van der Waals surface area (Å²) in [6.45, 7) is 3.80. The number of hydrogen-bond donors (Lipinski definition) is 2. The molecule has 3 amide bonds. The van der Waals surface area contributed by atoms with E-state index in [1.54, 1.807) is 12.1 Å². The zero-order valence-corrected chi connectivity index (χ0v) is 14.5. The summed E-state index contributed by atoms with van der Waals surface area (Å²) in [5, 5.41) is 5.18. The highest BCUT2D eigenvalue weighted by Gasteiger charge is 2.42. The van der Waals surface area contributed by atoms with E-state index in [1.165, 1.54) is 11.8 Å². The molecule has 1 aliphatic heterocycles. The van der Waals surface area contributed by atoms with E-state index in [0.29, 0.717) is 24.9 Å². The molecule has 0 radical (unpaired) electrons. The summed E-state index contributed by atoms with van der Waals surface area (Å²) >= 11 is 1.48. The molecule has 2 atom stereocenters. The van der Waals surface area contributed by atoms with Gasteiger partial charge in [-0.2, -0.15) is 11.8 Å². The predicted octanol–water partition coefficient (Wildman–Crippen LogP) is 2.46. The van der Waals surface area contributed by atoms with Gasteiger partial charge in [0.25, 0.3) is 0 Å². The molecule has 0 spiro atoms. The number of imide groups is 1. The van der Waals surface area contributed by atoms with E-state index < -0.39 is 5.41 Å². The van der Waals surface area contributed by atoms with Crippen molar-refractivity contribution in [3.05, 3.63) is 29.8 Å². The van der Waals surface area contributed by atoms with E-state index in [9.17, 15) is 14.4 Å². The average Bonchev–Trinajstić information content (AvgIpc) is 2.55. The van der Waals surface area contributed by atoms with Gasteiger partial charge in [0.05, 0.1) is 10.7 Å². The summed E-state index contributed by atoms with van der Waals surface area (Å²) in [6, 6.07) is 7.33. The lowest BCUT2D eigenvalue weighted by Crippen LogP contribution is -2.51. The van der Waals surface area contributed by atoms with E-state index in [0.717, 1.165) is 5.56 Å². The number of piperidine rings is 1. The number of amides is 3. The number of carbonyl (C=O) groups is 3. The van der Waals surface area contributed by atoms with Crippen molar-refractivity contribution in [3.63, 3.8) is 0 Å². The fraction of sp³-hybridized carbons (Fsp3) is 0.471. The van der Waals surface area contributed by atoms with Crippen LogP contribution in [0.3, 0.4) is 0 Å². The van der Waals surface area contributed by atoms with E-state index in [1.807, 2.05) is 32.2 Å². The van der Waals surface area contributed by atoms with Crippen LogP contribution in [0.1, 0.15) is 38.7 Å². The number of rotatable bonds is 5. The Labute approximate surface area is 140 Å². The number of benzene rings is 1. The van der Waals surface area contributed by atoms with E-state index in [-0.39, 0.29) is 23.0 Å². The second kappa shape index (κ2) is 7.17. The largest absolute Gasteiger partial charge is 0.325 e. The minimum Gasteiger partial charge on any atom is -0.325 e. The molecule has 6 heteroatoms. The lowest BCUT2D eigenvalue weighted by atomic mass is 9.72. The first kappa shape index (κ1) is 17.5. The highest BCUT2D eigenvalue weighted by atomic mass is 32.2. The van der Waals surface area contributed by atoms with Gasteiger partial charge in [-0.1, -0.05) is 19.1 Å². The van der Waals surface area contributed by atoms with E-state index in [2.05, 4.69) is 10.6 Å². The first-order valence-corrected chi connectivity index (χ1v) is 9.00. The van der Waals surface area contributed by atoms with Crippen LogP contribution in [0.25, 0.3) is 0 Å². The molecule has 0 aliphatic carbocycles. The van der Waals surface area contributed by atoms with Crippen LogP contribution in [0, 0.1) is 0 Å². The molecule has 2 N–H and O–H groups in total. The minimum atomic E-state index is -0.664. The molecule has 23 heavy (non-hydrogen) atoms. The highest BCUT2D eigenvalue weighted by molar-refractivity contribution is 7.99. The van der Waals surface area contributed by atoms with Crippen LogP contribution in [0.2, 0.25) is 0 Å². The normalized spacial score (nSPS) is 22.4. The van der Waals surface area contributed by atoms with E-state index in [4.69, 9.17) is 0 Å². The van der Waals surface area contributed by atoms with Crippen LogP contribution in [0.15, 0.2) is 24.3 Å². The SMILES string of the molecule is CCC1(c2ccc(NC(=O)C(C)SC)cc2)CCC(=O)NC1=O. The maximum atomic E-state index is 12.3. The smallest absolute Gasteiger partial charge is 0.237 e. The number of thioether (sulfide) groups is 1. The van der Waals surface area contributed by atoms with Gasteiger partial charge in [0, 0.05) is 12.1 Å². The maximum Gasteiger partial charge on any atom is 0.237 e. The number of hydrogen-bond acceptors (Lipinski definition) is 4. The van der Waals surface area contributed by atoms with Crippen molar-refractivity contribution in [2.45, 2.75) is 43.8 Å². The van der Waals surface area contributed by atoms with Crippen molar-refractivity contribution in [1.82, 2.24) is 5.32 Å². The molecule has 0 saturated carbocycles. The third-order valence-corrected chi connectivity index (χ3v) is 5.42. The second-order valence-corrected chi connectivity index (χ2v) is 6.94. The molecule has 1 heterocycles. The van der Waals surface area contributed by atoms with Crippen LogP contribution < -0.4 is 10.6 Å². The topological polar surface area (TPSA) is 75.3 Å². The molecule has 124 valence electrons. The van der Waals surface area contributed by atoms with Gasteiger partial charge in [-0.3, -0.25) is 19.7 Å². The monoisotopic (exact) mass is 334 g/mol. The Hall–Kier alpha value is -1.82. The molecule has 1 aromatic carbocycles. The van der Waals surface area contributed by atoms with Gasteiger partial charge in [0.15, 0.2) is 0 Å². The third-order valence-electron chi connectivity index (χ3n) is 4.50. The van der Waals surface area contributed by atoms with Gasteiger partial charge in [-0.15, -0.1) is 0 Å². The molecular formula is C17H22N2O3S. The molecule has 5 nitrogen and oxygen atoms in total. The van der Waals surface area contributed by atoms with Gasteiger partial charge in [-0.05, 0) is 43.7 Å². The van der Waals surface area contributed by atoms with Crippen molar-refractivity contribution in [3.8, 4) is 0 Å². The first-order valence-electron chi connectivity index (χ1n) is 7.71. The van der Waals surface area contributed by atoms with Crippen molar-refractivity contribution < 1.29 is 14.4 Å². The van der Waals surface area contributed by atoms with Crippen LogP contribution in [-0.2, 0) is 19.8 Å². The van der Waals surface area contributed by atoms with Crippen molar-refractivity contribution >= 4 is 35.2 Å². The number of anilines is 1. The van der Waals surface area contributed by atoms with Gasteiger partial charge in [-0.25, -0.2) is 0 Å². The summed E-state index contributed by atoms with van der Waals surface area (Å²) in [5.41, 5.74) is 0.919. The summed E-state index contributed by atoms with van der Waals surface area (Å²) in [5.74, 6) is -0.491. The Morgan fingerprint density at radius 2 is 2.00 bits per heavy atom. The van der Waals surface area contributed by atoms with Crippen molar-refractivity contribution in [1.29, 1.82) is 0 Å². The predicted molar refractivity (Wildman–Crippen MR) is 92.4 cm³/mol. The van der Waals surface area contributed by atoms with Gasteiger partial charge < -0.3 is 5.32 Å². The van der Waals surface area contributed by atoms with Crippen molar-refractivity contribution in [2.75, 3.05) is 11.6 Å². The van der Waals surface area contributed by atoms with Crippen LogP contribution in [-0.4, -0.2) is 29.2 Å². The second-order valence-electron chi connectivity index (χ2n) is 5.76. The fourth-order valence-electron chi connectivity index (χ4n) is 2.79. The zero-order valence-electron chi connectivity index (χ0n) is 13.6. The average molecular weight is 334 g/mol. The Morgan fingerprint density at radius 3 is 2.52 bits per heavy atom. The summed E-state index contributed by atoms with van der Waals surface area (Å²) in [6.07, 6.45) is 3.38. The van der Waals surface area contributed by atoms with Gasteiger partial charge in [0.2, 0.25) is 17.7 Å². The Morgan fingerprint density at radius 1 is 1.35 bits per heavy atom. The lowest BCUT2D eigenvalue weighted by Gasteiger charge is -2.35. The molecule has 0 bridgehead atoms. The van der Waals surface area contributed by atoms with Crippen LogP contribution in [0.4, 0.5) is 5.69 Å². The Kier molecular flexibility index (Phi) is 5.46. The fourth-order valence-corrected chi connectivity index (χ4v) is 3.06. The lowest BCUT2D eigenvalue weighted by molar-refractivity contribution is -0.138. The Bertz CT molecular complexity index is 615. The summed E-state index contributed by atoms with van der Waals surface area (Å²) in [4.78, 5) is 35.6. The van der Waals surface area contributed by atoms with Crippen LogP contribution in [0.5, 0.6) is 0 Å². The Balaban J connectivity index is 2.19. The zero-order chi connectivity index (χ0) is 17.0. The standard InChI is InChI=1S/C17H22N2O3S/c1-4-17(10-9-14(20)19-16(17)22)12-5-7-13(8-6-12)18-15(21)11(2)23-3/h5-8,11H,4,9-10H2,1-3H3,(H,18,21)(H,19,20,22). The highest BCUT2D eigenvalue weighted by Crippen LogP contribution is 2.36. The summed E-state index contributed by atoms with van der Waals surface area (Å²) < 4.78 is 0. The van der Waals surface area contributed by atoms with Gasteiger partial charge in [0.1, 0.15) is 0 Å². The molecule has 2 unspecified atom stereocenters. The molecule has 0 aromatic heterocycles. The quantitative estimate of drug-likeness (QED) is 0.811. The minimum absolute atomic E-state index is 0.0449. The number of carbonyl (C=O) groups excluding carboxylic acids is 3. The van der Waals surface area contributed by atoms with E-state index >= 15 is 0 Å². The molecule has 1 fully saturated rings. The maximum absolute atomic E-state index is 12.3. The van der Waals surface area contributed by atoms with Crippen molar-refractivity contribution in [2.24, 2.45) is 0 Å².